The van der Waals surface area contributed by atoms with Crippen LogP contribution in [-0.4, -0.2) is 56.9 Å². The average molecular weight is 402 g/mol. The highest BCUT2D eigenvalue weighted by Crippen LogP contribution is 2.34. The standard InChI is InChI=1S/C18H25F3N4O3/c1-4-28-17(27)25-9-7-13(8-10-25)22-16(26)23-14-11-12(18(19,20)21)5-6-15(14)24(2)3/h5-6,11,13H,4,7-10H2,1-3H3,(H2,22,23,26). The lowest BCUT2D eigenvalue weighted by molar-refractivity contribution is -0.137. The van der Waals surface area contributed by atoms with E-state index in [0.717, 1.165) is 12.1 Å². The van der Waals surface area contributed by atoms with Gasteiger partial charge in [-0.3, -0.25) is 0 Å². The molecule has 2 N–H and O–H groups in total. The number of nitrogens with zero attached hydrogens (tertiary/aromatic N) is 2. The number of hydrogen-bond acceptors (Lipinski definition) is 4. The number of nitrogens with one attached hydrogen (secondary N) is 2. The van der Waals surface area contributed by atoms with Gasteiger partial charge in [-0.15, -0.1) is 0 Å². The maximum atomic E-state index is 13.0. The summed E-state index contributed by atoms with van der Waals surface area (Å²) < 4.78 is 43.9. The van der Waals surface area contributed by atoms with Crippen LogP contribution in [-0.2, 0) is 10.9 Å². The Bertz CT molecular complexity index is 702. The number of piperidine rings is 1. The molecule has 0 atom stereocenters. The van der Waals surface area contributed by atoms with Crippen LogP contribution in [0.3, 0.4) is 0 Å². The molecule has 0 radical (unpaired) electrons. The van der Waals surface area contributed by atoms with Gasteiger partial charge < -0.3 is 25.2 Å². The van der Waals surface area contributed by atoms with Gasteiger partial charge in [-0.1, -0.05) is 0 Å². The molecule has 156 valence electrons. The van der Waals surface area contributed by atoms with Crippen LogP contribution in [0.25, 0.3) is 0 Å². The van der Waals surface area contributed by atoms with Crippen molar-refractivity contribution in [2.75, 3.05) is 44.0 Å². The molecule has 7 nitrogen and oxygen atoms in total. The molecule has 0 aromatic heterocycles. The molecule has 0 saturated carbocycles. The summed E-state index contributed by atoms with van der Waals surface area (Å²) in [6, 6.07) is 2.44. The molecule has 2 rings (SSSR count). The number of amides is 3. The predicted octanol–water partition coefficient (Wildman–Crippen LogP) is 3.51. The number of anilines is 2. The van der Waals surface area contributed by atoms with Gasteiger partial charge in [-0.25, -0.2) is 9.59 Å². The Hall–Kier alpha value is -2.65. The number of alkyl halides is 3. The van der Waals surface area contributed by atoms with Crippen molar-refractivity contribution in [3.8, 4) is 0 Å². The van der Waals surface area contributed by atoms with Crippen molar-refractivity contribution in [1.82, 2.24) is 10.2 Å². The van der Waals surface area contributed by atoms with E-state index in [1.807, 2.05) is 0 Å². The molecule has 3 amide bonds. The Kier molecular flexibility index (Phi) is 6.98. The molecule has 1 aliphatic rings. The van der Waals surface area contributed by atoms with E-state index < -0.39 is 17.8 Å². The molecular formula is C18H25F3N4O3. The minimum Gasteiger partial charge on any atom is -0.450 e. The summed E-state index contributed by atoms with van der Waals surface area (Å²) in [5, 5.41) is 5.26. The zero-order valence-electron chi connectivity index (χ0n) is 16.1. The minimum atomic E-state index is -4.50. The predicted molar refractivity (Wildman–Crippen MR) is 99.5 cm³/mol. The molecule has 0 bridgehead atoms. The van der Waals surface area contributed by atoms with Crippen LogP contribution < -0.4 is 15.5 Å². The van der Waals surface area contributed by atoms with Gasteiger partial charge in [0.25, 0.3) is 0 Å². The summed E-state index contributed by atoms with van der Waals surface area (Å²) >= 11 is 0. The first-order valence-electron chi connectivity index (χ1n) is 8.99. The van der Waals surface area contributed by atoms with Gasteiger partial charge in [0.1, 0.15) is 0 Å². The number of ether oxygens (including phenoxy) is 1. The van der Waals surface area contributed by atoms with Crippen LogP contribution in [0.15, 0.2) is 18.2 Å². The molecule has 0 unspecified atom stereocenters. The fraction of sp³-hybridized carbons (Fsp3) is 0.556. The molecule has 0 spiro atoms. The van der Waals surface area contributed by atoms with Gasteiger partial charge in [0.2, 0.25) is 0 Å². The van der Waals surface area contributed by atoms with Crippen LogP contribution >= 0.6 is 0 Å². The number of urea groups is 1. The minimum absolute atomic E-state index is 0.0706. The second kappa shape index (κ2) is 9.03. The average Bonchev–Trinajstić information content (AvgIpc) is 2.61. The Balaban J connectivity index is 1.99. The van der Waals surface area contributed by atoms with Crippen molar-refractivity contribution in [3.63, 3.8) is 0 Å². The lowest BCUT2D eigenvalue weighted by atomic mass is 10.1. The maximum absolute atomic E-state index is 13.0. The molecule has 28 heavy (non-hydrogen) atoms. The number of carbonyl (C=O) groups is 2. The molecule has 1 aromatic carbocycles. The summed E-state index contributed by atoms with van der Waals surface area (Å²) in [4.78, 5) is 27.2. The highest BCUT2D eigenvalue weighted by Gasteiger charge is 2.31. The van der Waals surface area contributed by atoms with E-state index in [2.05, 4.69) is 10.6 Å². The monoisotopic (exact) mass is 402 g/mol. The Labute approximate surface area is 161 Å². The summed E-state index contributed by atoms with van der Waals surface area (Å²) in [5.41, 5.74) is -0.308. The zero-order chi connectivity index (χ0) is 20.9. The molecule has 1 aliphatic heterocycles. The van der Waals surface area contributed by atoms with Gasteiger partial charge in [0.05, 0.1) is 23.5 Å². The second-order valence-corrected chi connectivity index (χ2v) is 6.68. The molecular weight excluding hydrogens is 377 g/mol. The highest BCUT2D eigenvalue weighted by atomic mass is 19.4. The third kappa shape index (κ3) is 5.67. The normalized spacial score (nSPS) is 15.1. The summed E-state index contributed by atoms with van der Waals surface area (Å²) in [6.07, 6.45) is -3.81. The first kappa shape index (κ1) is 21.6. The summed E-state index contributed by atoms with van der Waals surface area (Å²) in [5.74, 6) is 0. The van der Waals surface area contributed by atoms with Gasteiger partial charge in [0, 0.05) is 33.2 Å². The molecule has 1 heterocycles. The lowest BCUT2D eigenvalue weighted by Gasteiger charge is -2.31. The number of rotatable bonds is 4. The van der Waals surface area contributed by atoms with E-state index in [-0.39, 0.29) is 17.8 Å². The third-order valence-corrected chi connectivity index (χ3v) is 4.41. The second-order valence-electron chi connectivity index (χ2n) is 6.68. The van der Waals surface area contributed by atoms with E-state index in [1.54, 1.807) is 30.8 Å². The van der Waals surface area contributed by atoms with E-state index in [9.17, 15) is 22.8 Å². The zero-order valence-corrected chi connectivity index (χ0v) is 16.1. The quantitative estimate of drug-likeness (QED) is 0.808. The number of halogens is 3. The fourth-order valence-corrected chi connectivity index (χ4v) is 2.97. The van der Waals surface area contributed by atoms with Gasteiger partial charge >= 0.3 is 18.3 Å². The molecule has 1 aromatic rings. The van der Waals surface area contributed by atoms with Crippen molar-refractivity contribution in [2.45, 2.75) is 32.0 Å². The molecule has 10 heteroatoms. The van der Waals surface area contributed by atoms with E-state index >= 15 is 0 Å². The van der Waals surface area contributed by atoms with Crippen LogP contribution in [0.1, 0.15) is 25.3 Å². The molecule has 1 saturated heterocycles. The topological polar surface area (TPSA) is 73.9 Å². The van der Waals surface area contributed by atoms with Crippen LogP contribution in [0.5, 0.6) is 0 Å². The number of likely N-dealkylation sites (tertiary alicyclic amines) is 1. The summed E-state index contributed by atoms with van der Waals surface area (Å²) in [7, 11) is 3.35. The van der Waals surface area contributed by atoms with E-state index in [1.165, 1.54) is 6.07 Å². The first-order valence-corrected chi connectivity index (χ1v) is 8.99. The number of hydrogen-bond donors (Lipinski definition) is 2. The van der Waals surface area contributed by atoms with Crippen molar-refractivity contribution >= 4 is 23.5 Å². The van der Waals surface area contributed by atoms with E-state index in [0.29, 0.717) is 38.2 Å². The Morgan fingerprint density at radius 1 is 1.25 bits per heavy atom. The van der Waals surface area contributed by atoms with Crippen LogP contribution in [0, 0.1) is 0 Å². The summed E-state index contributed by atoms with van der Waals surface area (Å²) in [6.45, 7) is 2.91. The van der Waals surface area contributed by atoms with Gasteiger partial charge in [-0.05, 0) is 38.0 Å². The van der Waals surface area contributed by atoms with E-state index in [4.69, 9.17) is 4.74 Å². The number of benzene rings is 1. The smallest absolute Gasteiger partial charge is 0.416 e. The molecule has 0 aliphatic carbocycles. The van der Waals surface area contributed by atoms with Crippen LogP contribution in [0.2, 0.25) is 0 Å². The van der Waals surface area contributed by atoms with Crippen molar-refractivity contribution < 1.29 is 27.5 Å². The Morgan fingerprint density at radius 3 is 2.43 bits per heavy atom. The van der Waals surface area contributed by atoms with Crippen molar-refractivity contribution in [1.29, 1.82) is 0 Å². The largest absolute Gasteiger partial charge is 0.450 e. The molecule has 1 fully saturated rings. The van der Waals surface area contributed by atoms with Gasteiger partial charge in [-0.2, -0.15) is 13.2 Å². The van der Waals surface area contributed by atoms with Gasteiger partial charge in [0.15, 0.2) is 0 Å². The SMILES string of the molecule is CCOC(=O)N1CCC(NC(=O)Nc2cc(C(F)(F)F)ccc2N(C)C)CC1. The lowest BCUT2D eigenvalue weighted by Crippen LogP contribution is -2.47. The van der Waals surface area contributed by atoms with Crippen molar-refractivity contribution in [3.05, 3.63) is 23.8 Å². The Morgan fingerprint density at radius 2 is 1.89 bits per heavy atom. The number of carbonyl (C=O) groups excluding carboxylic acids is 2. The van der Waals surface area contributed by atoms with Crippen LogP contribution in [0.4, 0.5) is 34.1 Å². The first-order chi connectivity index (χ1) is 13.1. The van der Waals surface area contributed by atoms with Crippen molar-refractivity contribution in [2.24, 2.45) is 0 Å². The highest BCUT2D eigenvalue weighted by molar-refractivity contribution is 5.93. The third-order valence-electron chi connectivity index (χ3n) is 4.41. The maximum Gasteiger partial charge on any atom is 0.416 e. The fourth-order valence-electron chi connectivity index (χ4n) is 2.97.